The molecule has 3 N–H and O–H groups in total. The summed E-state index contributed by atoms with van der Waals surface area (Å²) in [7, 11) is 0. The number of thiophene rings is 1. The number of thioether (sulfide) groups is 1. The number of amides is 2. The first-order chi connectivity index (χ1) is 15.6. The van der Waals surface area contributed by atoms with E-state index in [1.54, 1.807) is 35.5 Å². The van der Waals surface area contributed by atoms with Crippen molar-refractivity contribution in [2.24, 2.45) is 5.10 Å². The largest absolute Gasteiger partial charge is 0.396 e. The van der Waals surface area contributed by atoms with E-state index >= 15 is 0 Å². The fourth-order valence-electron chi connectivity index (χ4n) is 2.80. The van der Waals surface area contributed by atoms with Crippen molar-refractivity contribution in [1.29, 1.82) is 0 Å². The number of nitrogens with zero attached hydrogens (tertiary/aromatic N) is 1. The number of benzene rings is 2. The second-order valence-electron chi connectivity index (χ2n) is 7.06. The molecule has 0 saturated carbocycles. The van der Waals surface area contributed by atoms with E-state index in [9.17, 15) is 9.59 Å². The molecule has 0 atom stereocenters. The predicted octanol–water partition coefficient (Wildman–Crippen LogP) is 4.69. The highest BCUT2D eigenvalue weighted by atomic mass is 32.2. The molecular formula is C24H25N3O3S2. The molecule has 0 aliphatic carbocycles. The van der Waals surface area contributed by atoms with E-state index in [-0.39, 0.29) is 18.4 Å². The summed E-state index contributed by atoms with van der Waals surface area (Å²) in [5, 5.41) is 17.9. The fraction of sp³-hybridized carbons (Fsp3) is 0.208. The number of carbonyl (C=O) groups excluding carboxylic acids is 2. The fourth-order valence-corrected chi connectivity index (χ4v) is 4.47. The molecule has 0 aliphatic rings. The molecule has 3 rings (SSSR count). The lowest BCUT2D eigenvalue weighted by Crippen LogP contribution is -2.20. The van der Waals surface area contributed by atoms with Crippen LogP contribution in [0.5, 0.6) is 0 Å². The molecule has 1 heterocycles. The number of hydrogen-bond donors (Lipinski definition) is 3. The van der Waals surface area contributed by atoms with Crippen molar-refractivity contribution in [1.82, 2.24) is 5.43 Å². The lowest BCUT2D eigenvalue weighted by molar-refractivity contribution is 0.0956. The number of aryl methyl sites for hydroxylation is 1. The van der Waals surface area contributed by atoms with Crippen LogP contribution in [0.2, 0.25) is 0 Å². The Labute approximate surface area is 195 Å². The zero-order valence-corrected chi connectivity index (χ0v) is 19.3. The summed E-state index contributed by atoms with van der Waals surface area (Å²) in [6.45, 7) is 2.19. The number of nitrogens with one attached hydrogen (secondary N) is 2. The Balaban J connectivity index is 1.59. The highest BCUT2D eigenvalue weighted by molar-refractivity contribution is 7.98. The second-order valence-corrected chi connectivity index (χ2v) is 9.08. The van der Waals surface area contributed by atoms with Crippen LogP contribution >= 0.6 is 23.1 Å². The molecule has 166 valence electrons. The van der Waals surface area contributed by atoms with E-state index in [0.29, 0.717) is 16.1 Å². The van der Waals surface area contributed by atoms with E-state index in [2.05, 4.69) is 15.8 Å². The Kier molecular flexibility index (Phi) is 9.03. The minimum absolute atomic E-state index is 0.184. The second kappa shape index (κ2) is 12.2. The highest BCUT2D eigenvalue weighted by Crippen LogP contribution is 2.24. The van der Waals surface area contributed by atoms with E-state index in [1.165, 1.54) is 11.3 Å². The van der Waals surface area contributed by atoms with Crippen LogP contribution in [0.4, 0.5) is 5.00 Å². The third-order valence-electron chi connectivity index (χ3n) is 4.50. The van der Waals surface area contributed by atoms with Gasteiger partial charge in [-0.25, -0.2) is 5.43 Å². The first-order valence-corrected chi connectivity index (χ1v) is 12.2. The van der Waals surface area contributed by atoms with Crippen molar-refractivity contribution in [2.75, 3.05) is 17.7 Å². The number of rotatable bonds is 10. The Morgan fingerprint density at radius 3 is 2.72 bits per heavy atom. The van der Waals surface area contributed by atoms with E-state index in [0.717, 1.165) is 34.6 Å². The number of anilines is 1. The standard InChI is InChI=1S/C24H25N3O3S2/c1-17-6-8-18(9-7-17)15-25-27-23(30)21-10-13-32-24(21)26-22(29)20-5-2-4-19(14-20)16-31-12-3-11-28/h2,4-10,13-15,28H,3,11-12,16H2,1H3,(H,26,29)(H,27,30). The molecule has 0 aliphatic heterocycles. The normalized spacial score (nSPS) is 10.9. The van der Waals surface area contributed by atoms with Crippen molar-refractivity contribution in [2.45, 2.75) is 19.1 Å². The molecule has 3 aromatic rings. The molecule has 8 heteroatoms. The van der Waals surface area contributed by atoms with Gasteiger partial charge in [0.25, 0.3) is 11.8 Å². The molecule has 0 spiro atoms. The van der Waals surface area contributed by atoms with Crippen LogP contribution in [0.1, 0.15) is 43.8 Å². The molecule has 0 saturated heterocycles. The van der Waals surface area contributed by atoms with Crippen LogP contribution in [0, 0.1) is 6.92 Å². The summed E-state index contributed by atoms with van der Waals surface area (Å²) in [5.74, 6) is 0.977. The smallest absolute Gasteiger partial charge is 0.274 e. The van der Waals surface area contributed by atoms with Gasteiger partial charge >= 0.3 is 0 Å². The predicted molar refractivity (Wildman–Crippen MR) is 133 cm³/mol. The van der Waals surface area contributed by atoms with Gasteiger partial charge in [0.05, 0.1) is 11.8 Å². The first kappa shape index (κ1) is 23.7. The number of hydrazone groups is 1. The van der Waals surface area contributed by atoms with Crippen molar-refractivity contribution in [3.8, 4) is 0 Å². The Morgan fingerprint density at radius 2 is 1.94 bits per heavy atom. The summed E-state index contributed by atoms with van der Waals surface area (Å²) in [5.41, 5.74) is 6.47. The van der Waals surface area contributed by atoms with Gasteiger partial charge in [-0.3, -0.25) is 9.59 Å². The maximum absolute atomic E-state index is 12.7. The maximum Gasteiger partial charge on any atom is 0.274 e. The molecule has 1 aromatic heterocycles. The first-order valence-electron chi connectivity index (χ1n) is 10.1. The topological polar surface area (TPSA) is 90.8 Å². The third-order valence-corrected chi connectivity index (χ3v) is 6.44. The van der Waals surface area contributed by atoms with Gasteiger partial charge in [0.15, 0.2) is 0 Å². The molecule has 0 radical (unpaired) electrons. The molecule has 0 fully saturated rings. The van der Waals surface area contributed by atoms with Gasteiger partial charge < -0.3 is 10.4 Å². The van der Waals surface area contributed by atoms with Gasteiger partial charge in [-0.1, -0.05) is 42.0 Å². The summed E-state index contributed by atoms with van der Waals surface area (Å²) >= 11 is 3.00. The molecule has 2 aromatic carbocycles. The lowest BCUT2D eigenvalue weighted by Gasteiger charge is -2.07. The van der Waals surface area contributed by atoms with Gasteiger partial charge in [-0.15, -0.1) is 11.3 Å². The summed E-state index contributed by atoms with van der Waals surface area (Å²) < 4.78 is 0. The number of aliphatic hydroxyl groups is 1. The van der Waals surface area contributed by atoms with Crippen LogP contribution in [0.15, 0.2) is 65.1 Å². The zero-order chi connectivity index (χ0) is 22.8. The van der Waals surface area contributed by atoms with Crippen molar-refractivity contribution < 1.29 is 14.7 Å². The lowest BCUT2D eigenvalue weighted by atomic mass is 10.1. The van der Waals surface area contributed by atoms with Gasteiger partial charge in [-0.2, -0.15) is 16.9 Å². The van der Waals surface area contributed by atoms with Crippen LogP contribution in [-0.2, 0) is 5.75 Å². The minimum atomic E-state index is -0.390. The summed E-state index contributed by atoms with van der Waals surface area (Å²) in [4.78, 5) is 25.3. The van der Waals surface area contributed by atoms with Crippen LogP contribution < -0.4 is 10.7 Å². The van der Waals surface area contributed by atoms with Gasteiger partial charge in [0.2, 0.25) is 0 Å². The van der Waals surface area contributed by atoms with Crippen LogP contribution in [0.3, 0.4) is 0 Å². The Morgan fingerprint density at radius 1 is 1.12 bits per heavy atom. The monoisotopic (exact) mass is 467 g/mol. The number of hydrogen-bond acceptors (Lipinski definition) is 6. The Hall–Kier alpha value is -2.94. The minimum Gasteiger partial charge on any atom is -0.396 e. The quantitative estimate of drug-likeness (QED) is 0.229. The van der Waals surface area contributed by atoms with Crippen LogP contribution in [-0.4, -0.2) is 35.5 Å². The molecular weight excluding hydrogens is 442 g/mol. The molecule has 6 nitrogen and oxygen atoms in total. The summed E-state index contributed by atoms with van der Waals surface area (Å²) in [6, 6.07) is 16.8. The zero-order valence-electron chi connectivity index (χ0n) is 17.7. The number of carbonyl (C=O) groups is 2. The molecule has 0 bridgehead atoms. The molecule has 0 unspecified atom stereocenters. The molecule has 32 heavy (non-hydrogen) atoms. The maximum atomic E-state index is 12.7. The highest BCUT2D eigenvalue weighted by Gasteiger charge is 2.16. The Bertz CT molecular complexity index is 1080. The van der Waals surface area contributed by atoms with E-state index in [1.807, 2.05) is 49.4 Å². The SMILES string of the molecule is Cc1ccc(C=NNC(=O)c2ccsc2NC(=O)c2cccc(CSCCCO)c2)cc1. The van der Waals surface area contributed by atoms with Crippen molar-refractivity contribution in [3.63, 3.8) is 0 Å². The van der Waals surface area contributed by atoms with Crippen molar-refractivity contribution in [3.05, 3.63) is 87.8 Å². The average Bonchev–Trinajstić information content (AvgIpc) is 3.26. The van der Waals surface area contributed by atoms with Crippen LogP contribution in [0.25, 0.3) is 0 Å². The third kappa shape index (κ3) is 7.05. The van der Waals surface area contributed by atoms with E-state index in [4.69, 9.17) is 5.11 Å². The molecule has 2 amide bonds. The van der Waals surface area contributed by atoms with E-state index < -0.39 is 0 Å². The number of aliphatic hydroxyl groups excluding tert-OH is 1. The van der Waals surface area contributed by atoms with Gasteiger partial charge in [-0.05, 0) is 53.8 Å². The average molecular weight is 468 g/mol. The summed E-state index contributed by atoms with van der Waals surface area (Å²) in [6.07, 6.45) is 2.33. The van der Waals surface area contributed by atoms with Gasteiger partial charge in [0, 0.05) is 17.9 Å². The van der Waals surface area contributed by atoms with Crippen molar-refractivity contribution >= 4 is 46.1 Å². The van der Waals surface area contributed by atoms with Gasteiger partial charge in [0.1, 0.15) is 5.00 Å².